The molecular formula is C14H10N2O2S. The molecule has 0 spiro atoms. The number of hydrogen-bond acceptors (Lipinski definition) is 4. The zero-order chi connectivity index (χ0) is 13.2. The third kappa shape index (κ3) is 2.15. The van der Waals surface area contributed by atoms with Gasteiger partial charge in [0.1, 0.15) is 5.75 Å². The molecule has 0 radical (unpaired) electrons. The molecule has 5 heteroatoms. The molecule has 3 aromatic rings. The average Bonchev–Trinajstić information content (AvgIpc) is 2.75. The highest BCUT2D eigenvalue weighted by Crippen LogP contribution is 2.16. The molecule has 0 aliphatic rings. The van der Waals surface area contributed by atoms with E-state index in [1.54, 1.807) is 30.3 Å². The third-order valence-corrected chi connectivity index (χ3v) is 3.70. The van der Waals surface area contributed by atoms with Crippen molar-refractivity contribution in [3.8, 4) is 5.75 Å². The van der Waals surface area contributed by atoms with Gasteiger partial charge >= 0.3 is 0 Å². The van der Waals surface area contributed by atoms with Gasteiger partial charge in [-0.25, -0.2) is 0 Å². The van der Waals surface area contributed by atoms with E-state index in [-0.39, 0.29) is 11.3 Å². The Morgan fingerprint density at radius 3 is 2.63 bits per heavy atom. The molecule has 0 aliphatic carbocycles. The number of para-hydroxylation sites is 1. The van der Waals surface area contributed by atoms with Crippen LogP contribution in [0.1, 0.15) is 5.56 Å². The van der Waals surface area contributed by atoms with E-state index in [4.69, 9.17) is 0 Å². The monoisotopic (exact) mass is 270 g/mol. The molecule has 0 fully saturated rings. The molecule has 0 aliphatic heterocycles. The predicted molar refractivity (Wildman–Crippen MR) is 77.2 cm³/mol. The van der Waals surface area contributed by atoms with Gasteiger partial charge in [0.15, 0.2) is 0 Å². The molecule has 0 saturated carbocycles. The van der Waals surface area contributed by atoms with Crippen LogP contribution in [0.4, 0.5) is 0 Å². The summed E-state index contributed by atoms with van der Waals surface area (Å²) in [7, 11) is 0. The Morgan fingerprint density at radius 2 is 1.84 bits per heavy atom. The highest BCUT2D eigenvalue weighted by molar-refractivity contribution is 7.13. The summed E-state index contributed by atoms with van der Waals surface area (Å²) >= 11 is 1.27. The van der Waals surface area contributed by atoms with Gasteiger partial charge in [-0.05, 0) is 35.8 Å². The molecule has 0 amide bonds. The fourth-order valence-electron chi connectivity index (χ4n) is 1.75. The summed E-state index contributed by atoms with van der Waals surface area (Å²) in [6.07, 6.45) is 1.48. The molecule has 4 nitrogen and oxygen atoms in total. The molecule has 94 valence electrons. The van der Waals surface area contributed by atoms with Crippen molar-refractivity contribution in [1.82, 2.24) is 4.07 Å². The maximum Gasteiger partial charge on any atom is 0.289 e. The summed E-state index contributed by atoms with van der Waals surface area (Å²) < 4.78 is 2.21. The third-order valence-electron chi connectivity index (χ3n) is 2.71. The summed E-state index contributed by atoms with van der Waals surface area (Å²) in [5.74, 6) is 0.139. The van der Waals surface area contributed by atoms with Crippen LogP contribution in [-0.2, 0) is 0 Å². The van der Waals surface area contributed by atoms with Gasteiger partial charge < -0.3 is 5.11 Å². The molecule has 0 bridgehead atoms. The molecule has 0 unspecified atom stereocenters. The second-order valence-electron chi connectivity index (χ2n) is 3.97. The fourth-order valence-corrected chi connectivity index (χ4v) is 2.60. The number of nitrogens with zero attached hydrogens (tertiary/aromatic N) is 2. The molecule has 19 heavy (non-hydrogen) atoms. The minimum absolute atomic E-state index is 0.139. The van der Waals surface area contributed by atoms with Crippen molar-refractivity contribution in [2.45, 2.75) is 0 Å². The van der Waals surface area contributed by atoms with E-state index in [1.807, 2.05) is 18.2 Å². The molecule has 1 aromatic heterocycles. The van der Waals surface area contributed by atoms with Crippen LogP contribution in [0.3, 0.4) is 0 Å². The van der Waals surface area contributed by atoms with E-state index in [2.05, 4.69) is 5.10 Å². The van der Waals surface area contributed by atoms with E-state index >= 15 is 0 Å². The Balaban J connectivity index is 2.05. The summed E-state index contributed by atoms with van der Waals surface area (Å²) in [4.78, 5) is 12.0. The minimum atomic E-state index is -0.146. The largest absolute Gasteiger partial charge is 0.507 e. The number of phenolic OH excluding ortho intramolecular Hbond substituents is 1. The molecule has 3 rings (SSSR count). The fraction of sp³-hybridized carbons (Fsp3) is 0. The Labute approximate surface area is 113 Å². The van der Waals surface area contributed by atoms with Gasteiger partial charge in [0.25, 0.3) is 5.56 Å². The van der Waals surface area contributed by atoms with Gasteiger partial charge in [0, 0.05) is 5.56 Å². The minimum Gasteiger partial charge on any atom is -0.507 e. The summed E-state index contributed by atoms with van der Waals surface area (Å²) in [6.45, 7) is 0. The van der Waals surface area contributed by atoms with Crippen LogP contribution in [-0.4, -0.2) is 15.4 Å². The van der Waals surface area contributed by atoms with Gasteiger partial charge in [0.05, 0.1) is 16.3 Å². The first-order valence-corrected chi connectivity index (χ1v) is 6.46. The van der Waals surface area contributed by atoms with E-state index in [0.717, 1.165) is 4.70 Å². The number of fused-ring (bicyclic) bond motifs is 1. The van der Waals surface area contributed by atoms with Crippen molar-refractivity contribution in [2.75, 3.05) is 0 Å². The Bertz CT molecular complexity index is 817. The van der Waals surface area contributed by atoms with Gasteiger partial charge in [-0.1, -0.05) is 24.3 Å². The predicted octanol–water partition coefficient (Wildman–Crippen LogP) is 2.65. The number of phenols is 1. The number of benzene rings is 2. The number of aromatic hydroxyl groups is 1. The van der Waals surface area contributed by atoms with Crippen LogP contribution in [0.5, 0.6) is 5.75 Å². The maximum atomic E-state index is 12.0. The number of hydrogen-bond donors (Lipinski definition) is 1. The Hall–Kier alpha value is -2.40. The summed E-state index contributed by atoms with van der Waals surface area (Å²) in [5, 5.41) is 14.4. The van der Waals surface area contributed by atoms with Gasteiger partial charge in [-0.2, -0.15) is 5.10 Å². The lowest BCUT2D eigenvalue weighted by atomic mass is 10.2. The second kappa shape index (κ2) is 4.70. The van der Waals surface area contributed by atoms with Gasteiger partial charge in [-0.3, -0.25) is 4.79 Å². The maximum absolute atomic E-state index is 12.0. The zero-order valence-corrected chi connectivity index (χ0v) is 10.7. The Morgan fingerprint density at radius 1 is 1.11 bits per heavy atom. The molecule has 1 N–H and O–H groups in total. The average molecular weight is 270 g/mol. The second-order valence-corrected chi connectivity index (χ2v) is 4.94. The first-order chi connectivity index (χ1) is 9.25. The lowest BCUT2D eigenvalue weighted by Gasteiger charge is -1.95. The van der Waals surface area contributed by atoms with Crippen molar-refractivity contribution < 1.29 is 5.11 Å². The molecular weight excluding hydrogens is 260 g/mol. The van der Waals surface area contributed by atoms with E-state index in [9.17, 15) is 9.90 Å². The van der Waals surface area contributed by atoms with E-state index in [1.165, 1.54) is 21.8 Å². The zero-order valence-electron chi connectivity index (χ0n) is 9.85. The van der Waals surface area contributed by atoms with E-state index in [0.29, 0.717) is 10.9 Å². The van der Waals surface area contributed by atoms with Crippen molar-refractivity contribution >= 4 is 27.8 Å². The number of aromatic nitrogens is 1. The SMILES string of the molecule is O=c1c2ccccc2sn1N=Cc1ccccc1O. The summed E-state index contributed by atoms with van der Waals surface area (Å²) in [6, 6.07) is 14.2. The smallest absolute Gasteiger partial charge is 0.289 e. The quantitative estimate of drug-likeness (QED) is 0.728. The molecule has 1 heterocycles. The van der Waals surface area contributed by atoms with Crippen LogP contribution < -0.4 is 5.56 Å². The van der Waals surface area contributed by atoms with E-state index < -0.39 is 0 Å². The van der Waals surface area contributed by atoms with Crippen molar-refractivity contribution in [1.29, 1.82) is 0 Å². The van der Waals surface area contributed by atoms with Crippen molar-refractivity contribution in [3.63, 3.8) is 0 Å². The first kappa shape index (κ1) is 11.7. The Kier molecular flexibility index (Phi) is 2.89. The molecule has 2 aromatic carbocycles. The van der Waals surface area contributed by atoms with Crippen LogP contribution in [0.15, 0.2) is 58.4 Å². The molecule has 0 saturated heterocycles. The van der Waals surface area contributed by atoms with Crippen molar-refractivity contribution in [3.05, 3.63) is 64.4 Å². The topological polar surface area (TPSA) is 54.6 Å². The lowest BCUT2D eigenvalue weighted by molar-refractivity contribution is 0.474. The van der Waals surface area contributed by atoms with Crippen molar-refractivity contribution in [2.24, 2.45) is 5.10 Å². The van der Waals surface area contributed by atoms with Crippen LogP contribution in [0, 0.1) is 0 Å². The standard InChI is InChI=1S/C14H10N2O2S/c17-12-7-3-1-5-10(12)9-15-16-14(18)11-6-2-4-8-13(11)19-16/h1-9,17H. The van der Waals surface area contributed by atoms with Crippen LogP contribution in [0.25, 0.3) is 10.1 Å². The van der Waals surface area contributed by atoms with Gasteiger partial charge in [0.2, 0.25) is 0 Å². The normalized spacial score (nSPS) is 11.4. The van der Waals surface area contributed by atoms with Gasteiger partial charge in [-0.15, -0.1) is 4.07 Å². The van der Waals surface area contributed by atoms with Crippen LogP contribution >= 0.6 is 11.5 Å². The number of rotatable bonds is 2. The lowest BCUT2D eigenvalue weighted by Crippen LogP contribution is -2.08. The first-order valence-electron chi connectivity index (χ1n) is 5.69. The molecule has 0 atom stereocenters. The highest BCUT2D eigenvalue weighted by atomic mass is 32.1. The summed E-state index contributed by atoms with van der Waals surface area (Å²) in [5.41, 5.74) is 0.430. The highest BCUT2D eigenvalue weighted by Gasteiger charge is 2.05. The van der Waals surface area contributed by atoms with Crippen LogP contribution in [0.2, 0.25) is 0 Å².